The number of aromatic amines is 1. The Labute approximate surface area is 120 Å². The lowest BCUT2D eigenvalue weighted by molar-refractivity contribution is -0.0585. The molecule has 3 rings (SSSR count). The third-order valence-electron chi connectivity index (χ3n) is 3.34. The Hall–Kier alpha value is -2.89. The van der Waals surface area contributed by atoms with Gasteiger partial charge >= 0.3 is 5.97 Å². The summed E-state index contributed by atoms with van der Waals surface area (Å²) in [7, 11) is 0. The maximum absolute atomic E-state index is 12.1. The minimum absolute atomic E-state index is 0.236. The minimum atomic E-state index is -0.734. The van der Waals surface area contributed by atoms with E-state index in [0.29, 0.717) is 22.7 Å². The molecule has 0 atom stereocenters. The zero-order valence-corrected chi connectivity index (χ0v) is 11.3. The van der Waals surface area contributed by atoms with Gasteiger partial charge in [0.15, 0.2) is 0 Å². The first-order chi connectivity index (χ1) is 10.1. The number of benzene rings is 1. The number of aryl methyl sites for hydroxylation is 1. The average molecular weight is 284 g/mol. The van der Waals surface area contributed by atoms with Crippen LogP contribution in [0.1, 0.15) is 43.7 Å². The van der Waals surface area contributed by atoms with E-state index in [1.165, 1.54) is 12.1 Å². The van der Waals surface area contributed by atoms with Crippen molar-refractivity contribution >= 4 is 17.8 Å². The van der Waals surface area contributed by atoms with Gasteiger partial charge in [0.1, 0.15) is 0 Å². The van der Waals surface area contributed by atoms with Gasteiger partial charge in [0, 0.05) is 11.9 Å². The summed E-state index contributed by atoms with van der Waals surface area (Å²) in [5.41, 5.74) is 1.48. The number of rotatable bonds is 3. The number of fused-ring (bicyclic) bond motifs is 1. The van der Waals surface area contributed by atoms with Crippen molar-refractivity contribution < 1.29 is 19.2 Å². The van der Waals surface area contributed by atoms with Gasteiger partial charge in [0.25, 0.3) is 11.8 Å². The number of aromatic nitrogens is 1. The molecular weight excluding hydrogens is 272 g/mol. The van der Waals surface area contributed by atoms with E-state index in [1.807, 2.05) is 6.92 Å². The molecule has 0 radical (unpaired) electrons. The number of amides is 2. The van der Waals surface area contributed by atoms with Crippen LogP contribution in [0.3, 0.4) is 0 Å². The molecule has 1 aromatic heterocycles. The summed E-state index contributed by atoms with van der Waals surface area (Å²) in [6, 6.07) is 7.90. The summed E-state index contributed by atoms with van der Waals surface area (Å²) in [6.07, 6.45) is 2.22. The fourth-order valence-electron chi connectivity index (χ4n) is 2.27. The van der Waals surface area contributed by atoms with Gasteiger partial charge < -0.3 is 9.82 Å². The van der Waals surface area contributed by atoms with E-state index in [2.05, 4.69) is 4.98 Å². The van der Waals surface area contributed by atoms with Gasteiger partial charge in [-0.05, 0) is 24.6 Å². The number of hydroxylamine groups is 2. The van der Waals surface area contributed by atoms with Crippen LogP contribution in [-0.4, -0.2) is 27.8 Å². The Balaban J connectivity index is 1.86. The zero-order valence-electron chi connectivity index (χ0n) is 11.3. The standard InChI is InChI=1S/C15H12N2O4/c1-2-12-11(7-8-16-12)15(20)21-17-13(18)9-5-3-4-6-10(9)14(17)19/h3-8,16H,2H2,1H3. The average Bonchev–Trinajstić information content (AvgIpc) is 3.07. The summed E-state index contributed by atoms with van der Waals surface area (Å²) in [4.78, 5) is 44.2. The topological polar surface area (TPSA) is 79.5 Å². The number of nitrogens with one attached hydrogen (secondary N) is 1. The maximum atomic E-state index is 12.1. The molecule has 1 aromatic carbocycles. The smallest absolute Gasteiger partial charge is 0.364 e. The Morgan fingerprint density at radius 2 is 1.76 bits per heavy atom. The van der Waals surface area contributed by atoms with Crippen LogP contribution in [0.2, 0.25) is 0 Å². The fraction of sp³-hybridized carbons (Fsp3) is 0.133. The summed E-state index contributed by atoms with van der Waals surface area (Å²) < 4.78 is 0. The summed E-state index contributed by atoms with van der Waals surface area (Å²) in [6.45, 7) is 1.88. The number of H-pyrrole nitrogens is 1. The Kier molecular flexibility index (Phi) is 3.06. The second kappa shape index (κ2) is 4.90. The van der Waals surface area contributed by atoms with Gasteiger partial charge in [-0.2, -0.15) is 0 Å². The van der Waals surface area contributed by atoms with Crippen LogP contribution in [0.5, 0.6) is 0 Å². The highest BCUT2D eigenvalue weighted by Gasteiger charge is 2.39. The molecule has 1 aliphatic rings. The highest BCUT2D eigenvalue weighted by molar-refractivity contribution is 6.21. The van der Waals surface area contributed by atoms with Crippen LogP contribution in [0, 0.1) is 0 Å². The lowest BCUT2D eigenvalue weighted by Gasteiger charge is -2.12. The molecule has 21 heavy (non-hydrogen) atoms. The molecule has 0 spiro atoms. The van der Waals surface area contributed by atoms with E-state index in [-0.39, 0.29) is 11.1 Å². The van der Waals surface area contributed by atoms with Crippen LogP contribution in [-0.2, 0) is 11.3 Å². The normalized spacial score (nSPS) is 13.5. The fourth-order valence-corrected chi connectivity index (χ4v) is 2.27. The molecule has 2 aromatic rings. The number of carbonyl (C=O) groups excluding carboxylic acids is 3. The van der Waals surface area contributed by atoms with Crippen molar-refractivity contribution in [1.82, 2.24) is 10.0 Å². The van der Waals surface area contributed by atoms with Crippen molar-refractivity contribution in [1.29, 1.82) is 0 Å². The second-order valence-corrected chi connectivity index (χ2v) is 4.55. The van der Waals surface area contributed by atoms with E-state index in [4.69, 9.17) is 4.84 Å². The first-order valence-electron chi connectivity index (χ1n) is 6.49. The molecular formula is C15H12N2O4. The monoisotopic (exact) mass is 284 g/mol. The molecule has 0 bridgehead atoms. The highest BCUT2D eigenvalue weighted by Crippen LogP contribution is 2.23. The third kappa shape index (κ3) is 2.01. The molecule has 106 valence electrons. The second-order valence-electron chi connectivity index (χ2n) is 4.55. The van der Waals surface area contributed by atoms with E-state index < -0.39 is 17.8 Å². The van der Waals surface area contributed by atoms with Crippen LogP contribution in [0.4, 0.5) is 0 Å². The van der Waals surface area contributed by atoms with Crippen molar-refractivity contribution in [3.05, 3.63) is 58.9 Å². The molecule has 0 unspecified atom stereocenters. The molecule has 2 heterocycles. The number of hydrogen-bond acceptors (Lipinski definition) is 4. The van der Waals surface area contributed by atoms with Crippen LogP contribution in [0.15, 0.2) is 36.5 Å². The molecule has 1 N–H and O–H groups in total. The summed E-state index contributed by atoms with van der Waals surface area (Å²) in [5, 5.41) is 0.513. The Bertz CT molecular complexity index is 713. The van der Waals surface area contributed by atoms with E-state index in [1.54, 1.807) is 24.4 Å². The Morgan fingerprint density at radius 1 is 1.14 bits per heavy atom. The number of imide groups is 1. The van der Waals surface area contributed by atoms with Crippen LogP contribution in [0.25, 0.3) is 0 Å². The molecule has 2 amide bonds. The van der Waals surface area contributed by atoms with Gasteiger partial charge in [-0.3, -0.25) is 9.59 Å². The largest absolute Gasteiger partial charge is 0.365 e. The molecule has 6 heteroatoms. The molecule has 0 saturated heterocycles. The summed E-state index contributed by atoms with van der Waals surface area (Å²) in [5.74, 6) is -1.99. The van der Waals surface area contributed by atoms with Gasteiger partial charge in [0.2, 0.25) is 0 Å². The zero-order chi connectivity index (χ0) is 15.0. The molecule has 1 aliphatic heterocycles. The van der Waals surface area contributed by atoms with E-state index >= 15 is 0 Å². The Morgan fingerprint density at radius 3 is 2.33 bits per heavy atom. The van der Waals surface area contributed by atoms with Crippen molar-refractivity contribution in [2.45, 2.75) is 13.3 Å². The molecule has 0 fully saturated rings. The van der Waals surface area contributed by atoms with E-state index in [9.17, 15) is 14.4 Å². The lowest BCUT2D eigenvalue weighted by Crippen LogP contribution is -2.32. The SMILES string of the molecule is CCc1[nH]ccc1C(=O)ON1C(=O)c2ccccc2C1=O. The van der Waals surface area contributed by atoms with Crippen LogP contribution < -0.4 is 0 Å². The maximum Gasteiger partial charge on any atom is 0.365 e. The van der Waals surface area contributed by atoms with Gasteiger partial charge in [-0.1, -0.05) is 24.1 Å². The number of nitrogens with zero attached hydrogens (tertiary/aromatic N) is 1. The number of carbonyl (C=O) groups is 3. The minimum Gasteiger partial charge on any atom is -0.364 e. The predicted octanol–water partition coefficient (Wildman–Crippen LogP) is 1.95. The molecule has 0 aliphatic carbocycles. The van der Waals surface area contributed by atoms with Crippen molar-refractivity contribution in [2.75, 3.05) is 0 Å². The number of hydrogen-bond donors (Lipinski definition) is 1. The lowest BCUT2D eigenvalue weighted by atomic mass is 10.1. The predicted molar refractivity (Wildman–Crippen MR) is 72.5 cm³/mol. The van der Waals surface area contributed by atoms with Gasteiger partial charge in [-0.25, -0.2) is 4.79 Å². The van der Waals surface area contributed by atoms with Gasteiger partial charge in [-0.15, -0.1) is 0 Å². The van der Waals surface area contributed by atoms with Gasteiger partial charge in [0.05, 0.1) is 16.7 Å². The molecule has 6 nitrogen and oxygen atoms in total. The quantitative estimate of drug-likeness (QED) is 0.874. The highest BCUT2D eigenvalue weighted by atomic mass is 16.7. The third-order valence-corrected chi connectivity index (χ3v) is 3.34. The summed E-state index contributed by atoms with van der Waals surface area (Å²) >= 11 is 0. The van der Waals surface area contributed by atoms with E-state index in [0.717, 1.165) is 0 Å². The van der Waals surface area contributed by atoms with Crippen LogP contribution >= 0.6 is 0 Å². The molecule has 0 saturated carbocycles. The first kappa shape index (κ1) is 13.1. The first-order valence-corrected chi connectivity index (χ1v) is 6.49. The van der Waals surface area contributed by atoms with Crippen molar-refractivity contribution in [3.8, 4) is 0 Å². The van der Waals surface area contributed by atoms with Crippen molar-refractivity contribution in [3.63, 3.8) is 0 Å². The van der Waals surface area contributed by atoms with Crippen molar-refractivity contribution in [2.24, 2.45) is 0 Å².